The Kier molecular flexibility index (Phi) is 4.81. The fraction of sp³-hybridized carbons (Fsp3) is 0.381. The van der Waals surface area contributed by atoms with Crippen LogP contribution in [0.4, 0.5) is 10.1 Å². The molecule has 0 aromatic heterocycles. The van der Waals surface area contributed by atoms with Crippen molar-refractivity contribution in [3.8, 4) is 5.75 Å². The van der Waals surface area contributed by atoms with E-state index in [2.05, 4.69) is 22.8 Å². The predicted molar refractivity (Wildman–Crippen MR) is 106 cm³/mol. The van der Waals surface area contributed by atoms with Gasteiger partial charge in [-0.05, 0) is 68.2 Å². The number of thiocarbonyl (C=S) groups is 1. The van der Waals surface area contributed by atoms with Gasteiger partial charge in [0.15, 0.2) is 5.11 Å². The highest BCUT2D eigenvalue weighted by atomic mass is 32.1. The molecule has 0 amide bonds. The van der Waals surface area contributed by atoms with E-state index in [0.29, 0.717) is 5.11 Å². The fourth-order valence-electron chi connectivity index (χ4n) is 4.11. The lowest BCUT2D eigenvalue weighted by Gasteiger charge is -2.44. The number of nitrogens with one attached hydrogen (secondary N) is 2. The van der Waals surface area contributed by atoms with E-state index in [9.17, 15) is 4.39 Å². The fourth-order valence-corrected chi connectivity index (χ4v) is 4.37. The standard InChI is InChI=1S/C21H23FN2OS/c22-15-8-10-16(11-9-15)23-20(26)24-18-14-21(12-4-1-5-13-21)25-19-7-3-2-6-17(18)19/h2-3,6-11,18H,1,4-5,12-14H2,(H2,23,24,26)/t18-/m0/s1. The lowest BCUT2D eigenvalue weighted by Crippen LogP contribution is -2.47. The number of anilines is 1. The molecule has 4 rings (SSSR count). The first-order chi connectivity index (χ1) is 12.6. The Morgan fingerprint density at radius 1 is 1.04 bits per heavy atom. The van der Waals surface area contributed by atoms with Gasteiger partial charge in [-0.3, -0.25) is 0 Å². The summed E-state index contributed by atoms with van der Waals surface area (Å²) >= 11 is 5.51. The number of benzene rings is 2. The van der Waals surface area contributed by atoms with Crippen LogP contribution in [0.1, 0.15) is 50.1 Å². The molecule has 2 aromatic rings. The van der Waals surface area contributed by atoms with E-state index in [1.54, 1.807) is 12.1 Å². The second kappa shape index (κ2) is 7.23. The highest BCUT2D eigenvalue weighted by Gasteiger charge is 2.41. The number of halogens is 1. The van der Waals surface area contributed by atoms with Crippen LogP contribution in [0.25, 0.3) is 0 Å². The minimum Gasteiger partial charge on any atom is -0.487 e. The average Bonchev–Trinajstić information content (AvgIpc) is 2.64. The highest BCUT2D eigenvalue weighted by molar-refractivity contribution is 7.80. The van der Waals surface area contributed by atoms with Crippen molar-refractivity contribution in [3.05, 3.63) is 59.9 Å². The highest BCUT2D eigenvalue weighted by Crippen LogP contribution is 2.46. The number of rotatable bonds is 2. The Balaban J connectivity index is 1.52. The van der Waals surface area contributed by atoms with E-state index >= 15 is 0 Å². The Hall–Kier alpha value is -2.14. The van der Waals surface area contributed by atoms with Gasteiger partial charge in [-0.1, -0.05) is 24.6 Å². The third-order valence-corrected chi connectivity index (χ3v) is 5.59. The second-order valence-corrected chi connectivity index (χ2v) is 7.65. The molecule has 0 unspecified atom stereocenters. The van der Waals surface area contributed by atoms with Gasteiger partial charge in [0.1, 0.15) is 17.2 Å². The average molecular weight is 370 g/mol. The summed E-state index contributed by atoms with van der Waals surface area (Å²) in [7, 11) is 0. The maximum absolute atomic E-state index is 13.1. The van der Waals surface area contributed by atoms with Crippen LogP contribution >= 0.6 is 12.2 Å². The topological polar surface area (TPSA) is 33.3 Å². The molecule has 26 heavy (non-hydrogen) atoms. The van der Waals surface area contributed by atoms with E-state index in [0.717, 1.165) is 36.3 Å². The summed E-state index contributed by atoms with van der Waals surface area (Å²) in [4.78, 5) is 0. The van der Waals surface area contributed by atoms with Gasteiger partial charge in [0.2, 0.25) is 0 Å². The van der Waals surface area contributed by atoms with Crippen molar-refractivity contribution in [2.45, 2.75) is 50.2 Å². The van der Waals surface area contributed by atoms with Crippen molar-refractivity contribution < 1.29 is 9.13 Å². The lowest BCUT2D eigenvalue weighted by atomic mass is 9.77. The third kappa shape index (κ3) is 3.68. The van der Waals surface area contributed by atoms with E-state index < -0.39 is 0 Å². The number of para-hydroxylation sites is 1. The van der Waals surface area contributed by atoms with Crippen molar-refractivity contribution >= 4 is 23.0 Å². The van der Waals surface area contributed by atoms with Crippen LogP contribution in [-0.2, 0) is 0 Å². The van der Waals surface area contributed by atoms with Gasteiger partial charge in [-0.25, -0.2) is 4.39 Å². The number of hydrogen-bond donors (Lipinski definition) is 2. The molecular formula is C21H23FN2OS. The summed E-state index contributed by atoms with van der Waals surface area (Å²) in [5, 5.41) is 7.15. The first-order valence-electron chi connectivity index (χ1n) is 9.25. The van der Waals surface area contributed by atoms with Crippen molar-refractivity contribution in [3.63, 3.8) is 0 Å². The molecule has 2 aliphatic rings. The quantitative estimate of drug-likeness (QED) is 0.699. The van der Waals surface area contributed by atoms with Crippen molar-refractivity contribution in [2.75, 3.05) is 5.32 Å². The Bertz CT molecular complexity index is 787. The molecule has 0 radical (unpaired) electrons. The van der Waals surface area contributed by atoms with Crippen molar-refractivity contribution in [2.24, 2.45) is 0 Å². The Morgan fingerprint density at radius 2 is 1.77 bits per heavy atom. The maximum Gasteiger partial charge on any atom is 0.171 e. The van der Waals surface area contributed by atoms with Crippen LogP contribution in [0.2, 0.25) is 0 Å². The summed E-state index contributed by atoms with van der Waals surface area (Å²) in [6.07, 6.45) is 6.82. The van der Waals surface area contributed by atoms with Crippen LogP contribution < -0.4 is 15.4 Å². The van der Waals surface area contributed by atoms with Crippen LogP contribution in [0.3, 0.4) is 0 Å². The molecule has 0 bridgehead atoms. The summed E-state index contributed by atoms with van der Waals surface area (Å²) in [5.74, 6) is 0.703. The van der Waals surface area contributed by atoms with Gasteiger partial charge >= 0.3 is 0 Å². The zero-order chi connectivity index (χ0) is 18.0. The molecule has 5 heteroatoms. The smallest absolute Gasteiger partial charge is 0.171 e. The molecular weight excluding hydrogens is 347 g/mol. The largest absolute Gasteiger partial charge is 0.487 e. The third-order valence-electron chi connectivity index (χ3n) is 5.37. The first-order valence-corrected chi connectivity index (χ1v) is 9.65. The minimum atomic E-state index is -0.257. The molecule has 1 fully saturated rings. The van der Waals surface area contributed by atoms with Gasteiger partial charge in [-0.2, -0.15) is 0 Å². The number of hydrogen-bond acceptors (Lipinski definition) is 2. The van der Waals surface area contributed by atoms with Crippen molar-refractivity contribution in [1.82, 2.24) is 5.32 Å². The van der Waals surface area contributed by atoms with E-state index in [4.69, 9.17) is 17.0 Å². The Morgan fingerprint density at radius 3 is 2.54 bits per heavy atom. The van der Waals surface area contributed by atoms with E-state index in [-0.39, 0.29) is 17.5 Å². The molecule has 1 heterocycles. The van der Waals surface area contributed by atoms with E-state index in [1.807, 2.05) is 12.1 Å². The molecule has 1 atom stereocenters. The monoisotopic (exact) mass is 370 g/mol. The first kappa shape index (κ1) is 17.3. The van der Waals surface area contributed by atoms with Gasteiger partial charge in [0, 0.05) is 17.7 Å². The summed E-state index contributed by atoms with van der Waals surface area (Å²) in [5.41, 5.74) is 1.83. The second-order valence-electron chi connectivity index (χ2n) is 7.25. The van der Waals surface area contributed by atoms with Gasteiger partial charge in [0.25, 0.3) is 0 Å². The SMILES string of the molecule is Fc1ccc(NC(=S)N[C@H]2CC3(CCCCC3)Oc3ccccc32)cc1. The number of fused-ring (bicyclic) bond motifs is 1. The normalized spacial score (nSPS) is 20.7. The zero-order valence-corrected chi connectivity index (χ0v) is 15.4. The van der Waals surface area contributed by atoms with Crippen LogP contribution in [0.5, 0.6) is 5.75 Å². The Labute approximate surface area is 158 Å². The van der Waals surface area contributed by atoms with Gasteiger partial charge < -0.3 is 15.4 Å². The summed E-state index contributed by atoms with van der Waals surface area (Å²) < 4.78 is 19.5. The molecule has 1 saturated carbocycles. The van der Waals surface area contributed by atoms with Crippen LogP contribution in [-0.4, -0.2) is 10.7 Å². The molecule has 136 valence electrons. The molecule has 3 nitrogen and oxygen atoms in total. The van der Waals surface area contributed by atoms with Gasteiger partial charge in [0.05, 0.1) is 6.04 Å². The van der Waals surface area contributed by atoms with Crippen molar-refractivity contribution in [1.29, 1.82) is 0 Å². The molecule has 1 aliphatic heterocycles. The maximum atomic E-state index is 13.1. The lowest BCUT2D eigenvalue weighted by molar-refractivity contribution is -0.000309. The van der Waals surface area contributed by atoms with Gasteiger partial charge in [-0.15, -0.1) is 0 Å². The minimum absolute atomic E-state index is 0.0875. The van der Waals surface area contributed by atoms with E-state index in [1.165, 1.54) is 31.4 Å². The zero-order valence-electron chi connectivity index (χ0n) is 14.6. The predicted octanol–water partition coefficient (Wildman–Crippen LogP) is 5.34. The summed E-state index contributed by atoms with van der Waals surface area (Å²) in [6, 6.07) is 14.5. The summed E-state index contributed by atoms with van der Waals surface area (Å²) in [6.45, 7) is 0. The van der Waals surface area contributed by atoms with Crippen LogP contribution in [0.15, 0.2) is 48.5 Å². The number of ether oxygens (including phenoxy) is 1. The molecule has 0 saturated heterocycles. The molecule has 2 N–H and O–H groups in total. The molecule has 1 aliphatic carbocycles. The molecule has 2 aromatic carbocycles. The van der Waals surface area contributed by atoms with Crippen LogP contribution in [0, 0.1) is 5.82 Å². The molecule has 1 spiro atoms.